The van der Waals surface area contributed by atoms with Gasteiger partial charge in [0.1, 0.15) is 12.1 Å². The molecule has 0 aliphatic carbocycles. The lowest BCUT2D eigenvalue weighted by molar-refractivity contribution is -0.142. The van der Waals surface area contributed by atoms with Crippen molar-refractivity contribution >= 4 is 23.7 Å². The van der Waals surface area contributed by atoms with Crippen molar-refractivity contribution < 1.29 is 24.3 Å². The van der Waals surface area contributed by atoms with Gasteiger partial charge in [0.25, 0.3) is 0 Å². The fourth-order valence-electron chi connectivity index (χ4n) is 2.52. The molecule has 0 unspecified atom stereocenters. The molecule has 9 nitrogen and oxygen atoms in total. The average Bonchev–Trinajstić information content (AvgIpc) is 2.65. The van der Waals surface area contributed by atoms with Crippen LogP contribution in [0.4, 0.5) is 0 Å². The molecular weight excluding hydrogens is 364 g/mol. The Balaban J connectivity index is 2.86. The molecule has 0 fully saturated rings. The van der Waals surface area contributed by atoms with Crippen LogP contribution in [0.25, 0.3) is 0 Å². The van der Waals surface area contributed by atoms with Gasteiger partial charge < -0.3 is 26.8 Å². The number of carbonyl (C=O) groups is 4. The van der Waals surface area contributed by atoms with Crippen LogP contribution in [0.15, 0.2) is 30.3 Å². The zero-order valence-corrected chi connectivity index (χ0v) is 16.1. The molecule has 0 aliphatic heterocycles. The molecule has 9 heteroatoms. The molecular formula is C19H28N4O5. The number of aliphatic carboxylic acids is 1. The molecule has 6 N–H and O–H groups in total. The maximum Gasteiger partial charge on any atom is 0.326 e. The van der Waals surface area contributed by atoms with E-state index in [0.29, 0.717) is 0 Å². The maximum atomic E-state index is 12.7. The van der Waals surface area contributed by atoms with Gasteiger partial charge in [-0.2, -0.15) is 0 Å². The van der Waals surface area contributed by atoms with E-state index in [9.17, 15) is 24.3 Å². The van der Waals surface area contributed by atoms with Gasteiger partial charge in [-0.3, -0.25) is 14.4 Å². The minimum Gasteiger partial charge on any atom is -0.480 e. The third-order valence-electron chi connectivity index (χ3n) is 3.89. The molecule has 0 heterocycles. The molecule has 0 aromatic heterocycles. The van der Waals surface area contributed by atoms with Gasteiger partial charge in [-0.15, -0.1) is 0 Å². The lowest BCUT2D eigenvalue weighted by atomic mass is 10.0. The van der Waals surface area contributed by atoms with E-state index in [-0.39, 0.29) is 31.8 Å². The van der Waals surface area contributed by atoms with Crippen molar-refractivity contribution in [3.8, 4) is 0 Å². The first-order valence-corrected chi connectivity index (χ1v) is 9.06. The quantitative estimate of drug-likeness (QED) is 0.339. The number of carbonyl (C=O) groups excluding carboxylic acids is 3. The number of benzene rings is 1. The van der Waals surface area contributed by atoms with Crippen molar-refractivity contribution in [2.45, 2.75) is 38.8 Å². The molecule has 0 spiro atoms. The number of carboxylic acid groups (broad SMARTS) is 1. The highest BCUT2D eigenvalue weighted by Crippen LogP contribution is 2.07. The van der Waals surface area contributed by atoms with Gasteiger partial charge >= 0.3 is 5.97 Å². The molecule has 1 aromatic carbocycles. The molecule has 0 radical (unpaired) electrons. The van der Waals surface area contributed by atoms with E-state index in [4.69, 9.17) is 5.73 Å². The molecule has 0 saturated carbocycles. The van der Waals surface area contributed by atoms with Gasteiger partial charge in [-0.25, -0.2) is 4.79 Å². The van der Waals surface area contributed by atoms with Crippen LogP contribution in [-0.2, 0) is 25.6 Å². The Bertz CT molecular complexity index is 678. The maximum absolute atomic E-state index is 12.7. The van der Waals surface area contributed by atoms with E-state index in [1.807, 2.05) is 19.9 Å². The topological polar surface area (TPSA) is 151 Å². The lowest BCUT2D eigenvalue weighted by Crippen LogP contribution is -2.54. The van der Waals surface area contributed by atoms with Gasteiger partial charge in [0.05, 0.1) is 13.1 Å². The number of rotatable bonds is 11. The fraction of sp³-hybridized carbons (Fsp3) is 0.474. The third kappa shape index (κ3) is 8.63. The zero-order valence-electron chi connectivity index (χ0n) is 16.1. The second kappa shape index (κ2) is 11.7. The van der Waals surface area contributed by atoms with Crippen LogP contribution >= 0.6 is 0 Å². The van der Waals surface area contributed by atoms with E-state index < -0.39 is 35.8 Å². The number of amides is 3. The lowest BCUT2D eigenvalue weighted by Gasteiger charge is -2.22. The summed E-state index contributed by atoms with van der Waals surface area (Å²) in [6.07, 6.45) is 0.441. The normalized spacial score (nSPS) is 12.7. The van der Waals surface area contributed by atoms with Crippen molar-refractivity contribution in [2.24, 2.45) is 11.7 Å². The number of carboxylic acids is 1. The number of nitrogens with one attached hydrogen (secondary N) is 3. The molecule has 3 amide bonds. The van der Waals surface area contributed by atoms with Crippen LogP contribution in [0.1, 0.15) is 25.8 Å². The summed E-state index contributed by atoms with van der Waals surface area (Å²) in [6, 6.07) is 6.97. The first-order chi connectivity index (χ1) is 13.2. The highest BCUT2D eigenvalue weighted by Gasteiger charge is 2.27. The Kier molecular flexibility index (Phi) is 9.66. The molecule has 28 heavy (non-hydrogen) atoms. The van der Waals surface area contributed by atoms with Crippen LogP contribution < -0.4 is 21.7 Å². The minimum atomic E-state index is -1.14. The Labute approximate surface area is 164 Å². The SMILES string of the molecule is CC(C)C[C@@H](NC(=O)[C@H](Cc1ccccc1)NC(=O)CNC(=O)CN)C(=O)O. The van der Waals surface area contributed by atoms with Crippen molar-refractivity contribution in [3.63, 3.8) is 0 Å². The zero-order chi connectivity index (χ0) is 21.1. The van der Waals surface area contributed by atoms with Gasteiger partial charge in [0, 0.05) is 6.42 Å². The monoisotopic (exact) mass is 392 g/mol. The van der Waals surface area contributed by atoms with Gasteiger partial charge in [-0.05, 0) is 17.9 Å². The summed E-state index contributed by atoms with van der Waals surface area (Å²) < 4.78 is 0. The summed E-state index contributed by atoms with van der Waals surface area (Å²) in [7, 11) is 0. The molecule has 154 valence electrons. The molecule has 0 aliphatic rings. The number of nitrogens with two attached hydrogens (primary N) is 1. The average molecular weight is 392 g/mol. The smallest absolute Gasteiger partial charge is 0.326 e. The van der Waals surface area contributed by atoms with Crippen LogP contribution in [0, 0.1) is 5.92 Å². The van der Waals surface area contributed by atoms with E-state index in [1.54, 1.807) is 24.3 Å². The van der Waals surface area contributed by atoms with Crippen LogP contribution in [0.5, 0.6) is 0 Å². The molecule has 1 aromatic rings. The Morgan fingerprint density at radius 3 is 2.18 bits per heavy atom. The summed E-state index contributed by atoms with van der Waals surface area (Å²) in [5, 5.41) is 16.7. The summed E-state index contributed by atoms with van der Waals surface area (Å²) in [5.74, 6) is -2.75. The van der Waals surface area contributed by atoms with Crippen LogP contribution in [0.3, 0.4) is 0 Å². The second-order valence-electron chi connectivity index (χ2n) is 6.82. The summed E-state index contributed by atoms with van der Waals surface area (Å²) >= 11 is 0. The Hall–Kier alpha value is -2.94. The van der Waals surface area contributed by atoms with E-state index >= 15 is 0 Å². The molecule has 1 rings (SSSR count). The van der Waals surface area contributed by atoms with E-state index in [1.165, 1.54) is 0 Å². The van der Waals surface area contributed by atoms with Gasteiger partial charge in [-0.1, -0.05) is 44.2 Å². The van der Waals surface area contributed by atoms with Crippen molar-refractivity contribution in [3.05, 3.63) is 35.9 Å². The van der Waals surface area contributed by atoms with Crippen molar-refractivity contribution in [1.82, 2.24) is 16.0 Å². The predicted octanol–water partition coefficient (Wildman–Crippen LogP) is -0.596. The first kappa shape index (κ1) is 23.1. The Morgan fingerprint density at radius 1 is 1.00 bits per heavy atom. The van der Waals surface area contributed by atoms with E-state index in [2.05, 4.69) is 16.0 Å². The third-order valence-corrected chi connectivity index (χ3v) is 3.89. The highest BCUT2D eigenvalue weighted by molar-refractivity contribution is 5.92. The Morgan fingerprint density at radius 2 is 1.64 bits per heavy atom. The highest BCUT2D eigenvalue weighted by atomic mass is 16.4. The standard InChI is InChI=1S/C19H28N4O5/c1-12(2)8-15(19(27)28)23-18(26)14(9-13-6-4-3-5-7-13)22-17(25)11-21-16(24)10-20/h3-7,12,14-15H,8-11,20H2,1-2H3,(H,21,24)(H,22,25)(H,23,26)(H,27,28)/t14-,15+/m0/s1. The van der Waals surface area contributed by atoms with Gasteiger partial charge in [0.2, 0.25) is 17.7 Å². The summed E-state index contributed by atoms with van der Waals surface area (Å²) in [5.41, 5.74) is 5.97. The molecule has 0 bridgehead atoms. The van der Waals surface area contributed by atoms with E-state index in [0.717, 1.165) is 5.56 Å². The summed E-state index contributed by atoms with van der Waals surface area (Å²) in [6.45, 7) is 3.12. The van der Waals surface area contributed by atoms with Crippen molar-refractivity contribution in [1.29, 1.82) is 0 Å². The van der Waals surface area contributed by atoms with Gasteiger partial charge in [0.15, 0.2) is 0 Å². The molecule has 2 atom stereocenters. The molecule has 0 saturated heterocycles. The number of hydrogen-bond donors (Lipinski definition) is 5. The number of hydrogen-bond acceptors (Lipinski definition) is 5. The fourth-order valence-corrected chi connectivity index (χ4v) is 2.52. The van der Waals surface area contributed by atoms with Crippen LogP contribution in [0.2, 0.25) is 0 Å². The first-order valence-electron chi connectivity index (χ1n) is 9.06. The van der Waals surface area contributed by atoms with Crippen LogP contribution in [-0.4, -0.2) is 54.0 Å². The van der Waals surface area contributed by atoms with Crippen molar-refractivity contribution in [2.75, 3.05) is 13.1 Å². The second-order valence-corrected chi connectivity index (χ2v) is 6.82. The minimum absolute atomic E-state index is 0.0649. The summed E-state index contributed by atoms with van der Waals surface area (Å²) in [4.78, 5) is 47.4. The largest absolute Gasteiger partial charge is 0.480 e. The predicted molar refractivity (Wildman–Crippen MR) is 103 cm³/mol.